The number of nitrogens with one attached hydrogen (secondary N) is 1. The summed E-state index contributed by atoms with van der Waals surface area (Å²) in [5.74, 6) is 0.840. The van der Waals surface area contributed by atoms with Crippen molar-refractivity contribution < 1.29 is 4.74 Å². The van der Waals surface area contributed by atoms with E-state index in [0.717, 1.165) is 52.8 Å². The van der Waals surface area contributed by atoms with Gasteiger partial charge in [0, 0.05) is 22.3 Å². The highest BCUT2D eigenvalue weighted by molar-refractivity contribution is 6.31. The number of nitrogens with zero attached hydrogens (tertiary/aromatic N) is 2. The number of ether oxygens (including phenoxy) is 1. The molecule has 2 aromatic carbocycles. The predicted octanol–water partition coefficient (Wildman–Crippen LogP) is 4.95. The third kappa shape index (κ3) is 3.57. The van der Waals surface area contributed by atoms with Crippen LogP contribution >= 0.6 is 11.6 Å². The summed E-state index contributed by atoms with van der Waals surface area (Å²) in [7, 11) is 1.69. The second-order valence-electron chi connectivity index (χ2n) is 6.86. The molecule has 1 aromatic heterocycles. The van der Waals surface area contributed by atoms with Gasteiger partial charge in [0.1, 0.15) is 5.75 Å². The zero-order valence-corrected chi connectivity index (χ0v) is 15.9. The third-order valence-corrected chi connectivity index (χ3v) is 5.33. The monoisotopic (exact) mass is 369 g/mol. The van der Waals surface area contributed by atoms with Crippen molar-refractivity contribution in [3.63, 3.8) is 0 Å². The molecule has 0 radical (unpaired) electrons. The van der Waals surface area contributed by atoms with Gasteiger partial charge in [0.2, 0.25) is 0 Å². The van der Waals surface area contributed by atoms with Crippen LogP contribution < -0.4 is 10.1 Å². The molecular weight excluding hydrogens is 346 g/mol. The number of rotatable bonds is 6. The van der Waals surface area contributed by atoms with Crippen molar-refractivity contribution in [1.29, 1.82) is 0 Å². The summed E-state index contributed by atoms with van der Waals surface area (Å²) in [6, 6.07) is 11.9. The molecule has 1 aliphatic rings. The molecule has 136 valence electrons. The van der Waals surface area contributed by atoms with E-state index in [0.29, 0.717) is 5.02 Å². The molecule has 2 heterocycles. The molecule has 5 heteroatoms. The number of halogens is 1. The van der Waals surface area contributed by atoms with Gasteiger partial charge in [-0.3, -0.25) is 0 Å². The third-order valence-electron chi connectivity index (χ3n) is 5.09. The van der Waals surface area contributed by atoms with E-state index in [9.17, 15) is 0 Å². The van der Waals surface area contributed by atoms with E-state index in [2.05, 4.69) is 16.3 Å². The normalized spacial score (nSPS) is 15.0. The van der Waals surface area contributed by atoms with Crippen molar-refractivity contribution in [2.75, 3.05) is 38.6 Å². The number of likely N-dealkylation sites (tertiary alicyclic amines) is 1. The van der Waals surface area contributed by atoms with Gasteiger partial charge in [-0.05, 0) is 75.3 Å². The lowest BCUT2D eigenvalue weighted by atomic mass is 10.1. The van der Waals surface area contributed by atoms with E-state index in [1.54, 1.807) is 7.11 Å². The van der Waals surface area contributed by atoms with Gasteiger partial charge >= 0.3 is 0 Å². The number of hydrogen-bond donors (Lipinski definition) is 1. The van der Waals surface area contributed by atoms with Gasteiger partial charge in [0.15, 0.2) is 0 Å². The van der Waals surface area contributed by atoms with Gasteiger partial charge in [-0.1, -0.05) is 11.6 Å². The molecule has 26 heavy (non-hydrogen) atoms. The predicted molar refractivity (Wildman–Crippen MR) is 110 cm³/mol. The fourth-order valence-corrected chi connectivity index (χ4v) is 3.90. The van der Waals surface area contributed by atoms with Crippen LogP contribution in [0.2, 0.25) is 5.02 Å². The van der Waals surface area contributed by atoms with E-state index in [-0.39, 0.29) is 0 Å². The van der Waals surface area contributed by atoms with Crippen molar-refractivity contribution >= 4 is 39.1 Å². The summed E-state index contributed by atoms with van der Waals surface area (Å²) in [5, 5.41) is 6.54. The average Bonchev–Trinajstić information content (AvgIpc) is 3.17. The highest BCUT2D eigenvalue weighted by Crippen LogP contribution is 2.34. The first-order valence-corrected chi connectivity index (χ1v) is 9.65. The molecule has 0 atom stereocenters. The van der Waals surface area contributed by atoms with Gasteiger partial charge in [0.05, 0.1) is 23.8 Å². The maximum atomic E-state index is 6.18. The lowest BCUT2D eigenvalue weighted by Gasteiger charge is -2.17. The van der Waals surface area contributed by atoms with Gasteiger partial charge < -0.3 is 15.0 Å². The van der Waals surface area contributed by atoms with E-state index >= 15 is 0 Å². The summed E-state index contributed by atoms with van der Waals surface area (Å²) >= 11 is 6.18. The number of pyridine rings is 1. The van der Waals surface area contributed by atoms with Crippen molar-refractivity contribution in [3.8, 4) is 5.75 Å². The Bertz CT molecular complexity index is 922. The Labute approximate surface area is 159 Å². The topological polar surface area (TPSA) is 37.4 Å². The van der Waals surface area contributed by atoms with Gasteiger partial charge in [-0.25, -0.2) is 4.98 Å². The summed E-state index contributed by atoms with van der Waals surface area (Å²) < 4.78 is 5.42. The Morgan fingerprint density at radius 2 is 1.92 bits per heavy atom. The zero-order valence-electron chi connectivity index (χ0n) is 15.1. The highest BCUT2D eigenvalue weighted by Gasteiger charge is 2.12. The number of fused-ring (bicyclic) bond motifs is 2. The molecule has 1 N–H and O–H groups in total. The van der Waals surface area contributed by atoms with Crippen LogP contribution in [-0.2, 0) is 0 Å². The number of anilines is 1. The zero-order chi connectivity index (χ0) is 17.9. The second kappa shape index (κ2) is 7.68. The van der Waals surface area contributed by atoms with Crippen LogP contribution in [0.3, 0.4) is 0 Å². The molecule has 0 aliphatic carbocycles. The highest BCUT2D eigenvalue weighted by atomic mass is 35.5. The van der Waals surface area contributed by atoms with E-state index in [1.165, 1.54) is 25.9 Å². The molecule has 0 spiro atoms. The van der Waals surface area contributed by atoms with Gasteiger partial charge in [0.25, 0.3) is 0 Å². The van der Waals surface area contributed by atoms with E-state index < -0.39 is 0 Å². The van der Waals surface area contributed by atoms with Crippen LogP contribution in [0.1, 0.15) is 19.3 Å². The van der Waals surface area contributed by atoms with E-state index in [4.69, 9.17) is 21.3 Å². The van der Waals surface area contributed by atoms with Crippen molar-refractivity contribution in [1.82, 2.24) is 9.88 Å². The molecule has 1 aliphatic heterocycles. The minimum Gasteiger partial charge on any atom is -0.497 e. The van der Waals surface area contributed by atoms with Crippen molar-refractivity contribution in [3.05, 3.63) is 41.4 Å². The maximum absolute atomic E-state index is 6.18. The lowest BCUT2D eigenvalue weighted by molar-refractivity contribution is 0.337. The Kier molecular flexibility index (Phi) is 5.14. The van der Waals surface area contributed by atoms with Crippen LogP contribution in [-0.4, -0.2) is 43.2 Å². The molecule has 3 aromatic rings. The first-order chi connectivity index (χ1) is 12.7. The van der Waals surface area contributed by atoms with Crippen LogP contribution in [0, 0.1) is 0 Å². The molecule has 0 bridgehead atoms. The first kappa shape index (κ1) is 17.4. The van der Waals surface area contributed by atoms with Crippen molar-refractivity contribution in [2.45, 2.75) is 19.3 Å². The molecular formula is C21H24ClN3O. The minimum atomic E-state index is 0.706. The quantitative estimate of drug-likeness (QED) is 0.493. The van der Waals surface area contributed by atoms with Crippen LogP contribution in [0.5, 0.6) is 5.75 Å². The van der Waals surface area contributed by atoms with Crippen LogP contribution in [0.25, 0.3) is 21.8 Å². The van der Waals surface area contributed by atoms with E-state index in [1.807, 2.05) is 30.3 Å². The number of hydrogen-bond acceptors (Lipinski definition) is 4. The largest absolute Gasteiger partial charge is 0.497 e. The Balaban J connectivity index is 1.65. The smallest absolute Gasteiger partial charge is 0.119 e. The summed E-state index contributed by atoms with van der Waals surface area (Å²) in [6.45, 7) is 4.58. The Hall–Kier alpha value is -2.04. The maximum Gasteiger partial charge on any atom is 0.119 e. The lowest BCUT2D eigenvalue weighted by Crippen LogP contribution is -2.22. The number of benzene rings is 2. The molecule has 4 rings (SSSR count). The Morgan fingerprint density at radius 3 is 2.73 bits per heavy atom. The fourth-order valence-electron chi connectivity index (χ4n) is 3.74. The van der Waals surface area contributed by atoms with Gasteiger partial charge in [-0.15, -0.1) is 0 Å². The molecule has 1 fully saturated rings. The van der Waals surface area contributed by atoms with Crippen molar-refractivity contribution in [2.24, 2.45) is 0 Å². The van der Waals surface area contributed by atoms with Gasteiger partial charge in [-0.2, -0.15) is 0 Å². The SMILES string of the molecule is COc1ccc2nc3cc(Cl)ccc3c(NCCCN3CCCC3)c2c1. The average molecular weight is 370 g/mol. The fraction of sp³-hybridized carbons (Fsp3) is 0.381. The second-order valence-corrected chi connectivity index (χ2v) is 7.30. The molecule has 0 unspecified atom stereocenters. The van der Waals surface area contributed by atoms with Crippen LogP contribution in [0.4, 0.5) is 5.69 Å². The summed E-state index contributed by atoms with van der Waals surface area (Å²) in [6.07, 6.45) is 3.81. The molecule has 0 amide bonds. The summed E-state index contributed by atoms with van der Waals surface area (Å²) in [4.78, 5) is 7.33. The summed E-state index contributed by atoms with van der Waals surface area (Å²) in [5.41, 5.74) is 2.97. The van der Waals surface area contributed by atoms with Crippen LogP contribution in [0.15, 0.2) is 36.4 Å². The first-order valence-electron chi connectivity index (χ1n) is 9.28. The Morgan fingerprint density at radius 1 is 1.08 bits per heavy atom. The number of methoxy groups -OCH3 is 1. The molecule has 4 nitrogen and oxygen atoms in total. The number of aromatic nitrogens is 1. The minimum absolute atomic E-state index is 0.706. The standard InChI is InChI=1S/C21H24ClN3O/c1-26-16-6-8-19-18(14-16)21(17-7-5-15(22)13-20(17)24-19)23-9-4-12-25-10-2-3-11-25/h5-8,13-14H,2-4,9-12H2,1H3,(H,23,24). The molecule has 1 saturated heterocycles. The molecule has 0 saturated carbocycles.